The van der Waals surface area contributed by atoms with Gasteiger partial charge in [-0.2, -0.15) is 0 Å². The van der Waals surface area contributed by atoms with E-state index in [1.54, 1.807) is 6.07 Å². The Morgan fingerprint density at radius 2 is 2.04 bits per heavy atom. The normalized spacial score (nSPS) is 22.7. The highest BCUT2D eigenvalue weighted by Gasteiger charge is 2.25. The highest BCUT2D eigenvalue weighted by Crippen LogP contribution is 2.32. The number of likely N-dealkylation sites (tertiary alicyclic amines) is 1. The molecule has 3 nitrogen and oxygen atoms in total. The molecule has 2 saturated heterocycles. The fourth-order valence-corrected chi connectivity index (χ4v) is 4.38. The molecular weight excluding hydrogens is 357 g/mol. The molecular formula is C18H27BrFN3. The molecule has 3 rings (SSSR count). The number of hydrogen-bond acceptors (Lipinski definition) is 3. The van der Waals surface area contributed by atoms with E-state index >= 15 is 0 Å². The lowest BCUT2D eigenvalue weighted by molar-refractivity contribution is 0.334. The summed E-state index contributed by atoms with van der Waals surface area (Å²) >= 11 is 3.69. The van der Waals surface area contributed by atoms with Crippen molar-refractivity contribution >= 4 is 21.6 Å². The number of aryl methyl sites for hydroxylation is 1. The third-order valence-corrected chi connectivity index (χ3v) is 5.85. The lowest BCUT2D eigenvalue weighted by Gasteiger charge is -2.36. The molecule has 5 heteroatoms. The van der Waals surface area contributed by atoms with Crippen molar-refractivity contribution in [2.75, 3.05) is 44.2 Å². The average Bonchev–Trinajstić information content (AvgIpc) is 3.05. The molecule has 23 heavy (non-hydrogen) atoms. The number of anilines is 1. The number of benzene rings is 1. The monoisotopic (exact) mass is 383 g/mol. The van der Waals surface area contributed by atoms with Crippen molar-refractivity contribution < 1.29 is 4.39 Å². The quantitative estimate of drug-likeness (QED) is 0.621. The summed E-state index contributed by atoms with van der Waals surface area (Å²) in [6.45, 7) is 8.31. The summed E-state index contributed by atoms with van der Waals surface area (Å²) < 4.78 is 14.6. The molecule has 1 aromatic carbocycles. The highest BCUT2D eigenvalue weighted by atomic mass is 79.9. The van der Waals surface area contributed by atoms with Crippen LogP contribution < -0.4 is 10.2 Å². The second-order valence-corrected chi connectivity index (χ2v) is 7.73. The first kappa shape index (κ1) is 17.2. The Morgan fingerprint density at radius 1 is 1.26 bits per heavy atom. The van der Waals surface area contributed by atoms with E-state index in [-0.39, 0.29) is 10.8 Å². The molecule has 1 atom stereocenters. The van der Waals surface area contributed by atoms with E-state index in [1.807, 2.05) is 6.07 Å². The minimum Gasteiger partial charge on any atom is -0.354 e. The zero-order valence-corrected chi connectivity index (χ0v) is 15.5. The smallest absolute Gasteiger partial charge is 0.146 e. The SMILES string of the molecule is Cc1ccc(F)c(N2CCNCC2Br)c1CCCN1CCCC1. The van der Waals surface area contributed by atoms with Gasteiger partial charge in [-0.25, -0.2) is 4.39 Å². The van der Waals surface area contributed by atoms with Gasteiger partial charge in [-0.15, -0.1) is 0 Å². The maximum Gasteiger partial charge on any atom is 0.146 e. The Morgan fingerprint density at radius 3 is 2.78 bits per heavy atom. The van der Waals surface area contributed by atoms with Crippen molar-refractivity contribution in [2.24, 2.45) is 0 Å². The number of hydrogen-bond donors (Lipinski definition) is 1. The van der Waals surface area contributed by atoms with Crippen LogP contribution in [0.15, 0.2) is 12.1 Å². The molecule has 0 amide bonds. The van der Waals surface area contributed by atoms with Gasteiger partial charge in [-0.3, -0.25) is 0 Å². The molecule has 0 spiro atoms. The Bertz CT molecular complexity index is 531. The fourth-order valence-electron chi connectivity index (χ4n) is 3.74. The third kappa shape index (κ3) is 4.06. The fraction of sp³-hybridized carbons (Fsp3) is 0.667. The molecule has 0 bridgehead atoms. The highest BCUT2D eigenvalue weighted by molar-refractivity contribution is 9.09. The summed E-state index contributed by atoms with van der Waals surface area (Å²) in [6, 6.07) is 3.55. The maximum absolute atomic E-state index is 14.6. The molecule has 1 unspecified atom stereocenters. The lowest BCUT2D eigenvalue weighted by atomic mass is 9.99. The first-order chi connectivity index (χ1) is 11.2. The Balaban J connectivity index is 1.75. The van der Waals surface area contributed by atoms with Crippen LogP contribution in [0.4, 0.5) is 10.1 Å². The lowest BCUT2D eigenvalue weighted by Crippen LogP contribution is -2.49. The van der Waals surface area contributed by atoms with Crippen LogP contribution in [-0.4, -0.2) is 49.1 Å². The van der Waals surface area contributed by atoms with Gasteiger partial charge in [0.25, 0.3) is 0 Å². The van der Waals surface area contributed by atoms with Gasteiger partial charge in [-0.1, -0.05) is 22.0 Å². The van der Waals surface area contributed by atoms with Gasteiger partial charge in [0, 0.05) is 19.6 Å². The Hall–Kier alpha value is -0.650. The summed E-state index contributed by atoms with van der Waals surface area (Å²) in [7, 11) is 0. The maximum atomic E-state index is 14.6. The number of piperazine rings is 1. The molecule has 0 saturated carbocycles. The van der Waals surface area contributed by atoms with E-state index in [2.05, 4.69) is 38.0 Å². The van der Waals surface area contributed by atoms with Gasteiger partial charge < -0.3 is 15.1 Å². The molecule has 1 aromatic rings. The van der Waals surface area contributed by atoms with Crippen LogP contribution in [0.5, 0.6) is 0 Å². The molecule has 0 radical (unpaired) electrons. The zero-order chi connectivity index (χ0) is 16.2. The molecule has 128 valence electrons. The van der Waals surface area contributed by atoms with Crippen LogP contribution in [0.1, 0.15) is 30.4 Å². The molecule has 2 heterocycles. The minimum atomic E-state index is -0.0851. The van der Waals surface area contributed by atoms with Crippen molar-refractivity contribution in [3.05, 3.63) is 29.1 Å². The van der Waals surface area contributed by atoms with Crippen LogP contribution in [0, 0.1) is 12.7 Å². The molecule has 2 aliphatic rings. The zero-order valence-electron chi connectivity index (χ0n) is 14.0. The predicted octanol–water partition coefficient (Wildman–Crippen LogP) is 3.29. The van der Waals surface area contributed by atoms with Crippen molar-refractivity contribution in [3.63, 3.8) is 0 Å². The summed E-state index contributed by atoms with van der Waals surface area (Å²) in [4.78, 5) is 4.88. The van der Waals surface area contributed by atoms with Crippen LogP contribution >= 0.6 is 15.9 Å². The first-order valence-electron chi connectivity index (χ1n) is 8.78. The number of rotatable bonds is 5. The summed E-state index contributed by atoms with van der Waals surface area (Å²) in [5, 5.41) is 3.35. The standard InChI is InChI=1S/C18H27BrFN3/c1-14-6-7-16(20)18(23-12-8-21-13-17(23)19)15(14)5-4-11-22-9-2-3-10-22/h6-7,17,21H,2-5,8-13H2,1H3. The molecule has 1 N–H and O–H groups in total. The molecule has 0 aromatic heterocycles. The van der Waals surface area contributed by atoms with E-state index in [0.29, 0.717) is 0 Å². The molecule has 2 aliphatic heterocycles. The summed E-state index contributed by atoms with van der Waals surface area (Å²) in [5.74, 6) is -0.0851. The van der Waals surface area contributed by atoms with Gasteiger partial charge in [0.1, 0.15) is 5.82 Å². The predicted molar refractivity (Wildman–Crippen MR) is 98.1 cm³/mol. The van der Waals surface area contributed by atoms with Gasteiger partial charge in [-0.05, 0) is 69.4 Å². The largest absolute Gasteiger partial charge is 0.354 e. The summed E-state index contributed by atoms with van der Waals surface area (Å²) in [6.07, 6.45) is 4.72. The van der Waals surface area contributed by atoms with Crippen molar-refractivity contribution in [2.45, 2.75) is 37.6 Å². The van der Waals surface area contributed by atoms with Gasteiger partial charge in [0.2, 0.25) is 0 Å². The number of alkyl halides is 1. The van der Waals surface area contributed by atoms with Crippen LogP contribution in [0.25, 0.3) is 0 Å². The number of halogens is 2. The van der Waals surface area contributed by atoms with E-state index in [1.165, 1.54) is 37.1 Å². The van der Waals surface area contributed by atoms with Crippen LogP contribution in [0.3, 0.4) is 0 Å². The van der Waals surface area contributed by atoms with Crippen LogP contribution in [0.2, 0.25) is 0 Å². The number of nitrogens with zero attached hydrogens (tertiary/aromatic N) is 2. The molecule has 2 fully saturated rings. The van der Waals surface area contributed by atoms with Crippen LogP contribution in [-0.2, 0) is 6.42 Å². The third-order valence-electron chi connectivity index (χ3n) is 5.04. The van der Waals surface area contributed by atoms with E-state index in [0.717, 1.165) is 44.7 Å². The van der Waals surface area contributed by atoms with Crippen molar-refractivity contribution in [1.82, 2.24) is 10.2 Å². The van der Waals surface area contributed by atoms with Gasteiger partial charge in [0.05, 0.1) is 10.6 Å². The first-order valence-corrected chi connectivity index (χ1v) is 9.70. The van der Waals surface area contributed by atoms with E-state index in [9.17, 15) is 4.39 Å². The van der Waals surface area contributed by atoms with Crippen molar-refractivity contribution in [3.8, 4) is 0 Å². The average molecular weight is 384 g/mol. The van der Waals surface area contributed by atoms with Gasteiger partial charge in [0.15, 0.2) is 0 Å². The van der Waals surface area contributed by atoms with Gasteiger partial charge >= 0.3 is 0 Å². The van der Waals surface area contributed by atoms with E-state index < -0.39 is 0 Å². The minimum absolute atomic E-state index is 0.0851. The second kappa shape index (κ2) is 7.95. The number of nitrogens with one attached hydrogen (secondary N) is 1. The second-order valence-electron chi connectivity index (χ2n) is 6.68. The van der Waals surface area contributed by atoms with E-state index in [4.69, 9.17) is 0 Å². The Labute approximate surface area is 147 Å². The Kier molecular flexibility index (Phi) is 5.94. The summed E-state index contributed by atoms with van der Waals surface area (Å²) in [5.41, 5.74) is 3.21. The van der Waals surface area contributed by atoms with Crippen molar-refractivity contribution in [1.29, 1.82) is 0 Å². The molecule has 0 aliphatic carbocycles. The topological polar surface area (TPSA) is 18.5 Å².